The minimum absolute atomic E-state index is 0.197. The predicted octanol–water partition coefficient (Wildman–Crippen LogP) is 2.20. The summed E-state index contributed by atoms with van der Waals surface area (Å²) >= 11 is 0. The molecule has 7 nitrogen and oxygen atoms in total. The Balaban J connectivity index is 1.54. The molecule has 24 heavy (non-hydrogen) atoms. The number of carbonyl (C=O) groups excluding carboxylic acids is 1. The molecule has 1 aliphatic heterocycles. The SMILES string of the molecule is O=C(O)c1ccc(CCNC(=O)c2ncoc2[C@H]2CCCO2)cc1. The molecule has 2 heterocycles. The van der Waals surface area contributed by atoms with Gasteiger partial charge in [0.05, 0.1) is 5.56 Å². The number of oxazole rings is 1. The fourth-order valence-electron chi connectivity index (χ4n) is 2.66. The fourth-order valence-corrected chi connectivity index (χ4v) is 2.66. The van der Waals surface area contributed by atoms with Gasteiger partial charge in [0.15, 0.2) is 17.8 Å². The molecule has 0 bridgehead atoms. The molecule has 2 N–H and O–H groups in total. The number of hydrogen-bond acceptors (Lipinski definition) is 5. The Kier molecular flexibility index (Phi) is 4.90. The number of nitrogens with one attached hydrogen (secondary N) is 1. The van der Waals surface area contributed by atoms with Crippen molar-refractivity contribution in [1.82, 2.24) is 10.3 Å². The molecule has 0 spiro atoms. The van der Waals surface area contributed by atoms with E-state index in [2.05, 4.69) is 10.3 Å². The summed E-state index contributed by atoms with van der Waals surface area (Å²) in [6.45, 7) is 1.09. The molecular formula is C17H18N2O5. The Bertz CT molecular complexity index is 717. The average Bonchev–Trinajstić information content (AvgIpc) is 3.26. The van der Waals surface area contributed by atoms with Crippen LogP contribution in [0, 0.1) is 0 Å². The van der Waals surface area contributed by atoms with Gasteiger partial charge < -0.3 is 19.6 Å². The second-order valence-electron chi connectivity index (χ2n) is 5.57. The summed E-state index contributed by atoms with van der Waals surface area (Å²) in [7, 11) is 0. The van der Waals surface area contributed by atoms with Crippen LogP contribution in [0.2, 0.25) is 0 Å². The highest BCUT2D eigenvalue weighted by atomic mass is 16.5. The van der Waals surface area contributed by atoms with E-state index in [0.717, 1.165) is 18.4 Å². The third-order valence-electron chi connectivity index (χ3n) is 3.93. The van der Waals surface area contributed by atoms with Gasteiger partial charge in [-0.05, 0) is 37.0 Å². The maximum atomic E-state index is 12.3. The summed E-state index contributed by atoms with van der Waals surface area (Å²) in [5.74, 6) is -0.769. The first-order valence-corrected chi connectivity index (χ1v) is 7.80. The topological polar surface area (TPSA) is 102 Å². The van der Waals surface area contributed by atoms with Crippen LogP contribution in [0.5, 0.6) is 0 Å². The van der Waals surface area contributed by atoms with Crippen molar-refractivity contribution < 1.29 is 23.8 Å². The first kappa shape index (κ1) is 16.2. The van der Waals surface area contributed by atoms with Gasteiger partial charge in [0.2, 0.25) is 0 Å². The van der Waals surface area contributed by atoms with Gasteiger partial charge in [-0.2, -0.15) is 0 Å². The first-order chi connectivity index (χ1) is 11.6. The number of amides is 1. The Morgan fingerprint density at radius 1 is 1.29 bits per heavy atom. The molecule has 0 radical (unpaired) electrons. The van der Waals surface area contributed by atoms with Gasteiger partial charge in [0, 0.05) is 13.2 Å². The van der Waals surface area contributed by atoms with E-state index < -0.39 is 5.97 Å². The van der Waals surface area contributed by atoms with E-state index in [4.69, 9.17) is 14.3 Å². The summed E-state index contributed by atoms with van der Waals surface area (Å²) in [6.07, 6.45) is 3.43. The number of aromatic nitrogens is 1. The molecule has 3 rings (SSSR count). The van der Waals surface area contributed by atoms with Gasteiger partial charge >= 0.3 is 5.97 Å². The van der Waals surface area contributed by atoms with Crippen molar-refractivity contribution >= 4 is 11.9 Å². The van der Waals surface area contributed by atoms with E-state index in [1.54, 1.807) is 24.3 Å². The zero-order valence-electron chi connectivity index (χ0n) is 13.0. The monoisotopic (exact) mass is 330 g/mol. The van der Waals surface area contributed by atoms with Crippen LogP contribution >= 0.6 is 0 Å². The highest BCUT2D eigenvalue weighted by Gasteiger charge is 2.27. The summed E-state index contributed by atoms with van der Waals surface area (Å²) in [5, 5.41) is 11.7. The highest BCUT2D eigenvalue weighted by Crippen LogP contribution is 2.30. The van der Waals surface area contributed by atoms with E-state index in [1.165, 1.54) is 6.39 Å². The number of benzene rings is 1. The molecule has 2 aromatic rings. The molecule has 1 saturated heterocycles. The van der Waals surface area contributed by atoms with Crippen molar-refractivity contribution in [2.75, 3.05) is 13.2 Å². The highest BCUT2D eigenvalue weighted by molar-refractivity contribution is 5.93. The van der Waals surface area contributed by atoms with E-state index in [9.17, 15) is 9.59 Å². The van der Waals surface area contributed by atoms with Crippen molar-refractivity contribution in [3.05, 3.63) is 53.2 Å². The largest absolute Gasteiger partial charge is 0.478 e. The number of aromatic carboxylic acids is 1. The predicted molar refractivity (Wildman–Crippen MR) is 83.9 cm³/mol. The maximum Gasteiger partial charge on any atom is 0.335 e. The number of carbonyl (C=O) groups is 2. The van der Waals surface area contributed by atoms with E-state index in [-0.39, 0.29) is 23.3 Å². The minimum Gasteiger partial charge on any atom is -0.478 e. The molecule has 1 aromatic heterocycles. The number of nitrogens with zero attached hydrogens (tertiary/aromatic N) is 1. The van der Waals surface area contributed by atoms with E-state index in [0.29, 0.717) is 25.3 Å². The molecule has 126 valence electrons. The third-order valence-corrected chi connectivity index (χ3v) is 3.93. The van der Waals surface area contributed by atoms with Crippen LogP contribution in [0.15, 0.2) is 35.1 Å². The van der Waals surface area contributed by atoms with Crippen molar-refractivity contribution in [2.45, 2.75) is 25.4 Å². The molecule has 1 fully saturated rings. The maximum absolute atomic E-state index is 12.3. The van der Waals surface area contributed by atoms with Crippen molar-refractivity contribution in [3.8, 4) is 0 Å². The Labute approximate surface area is 138 Å². The zero-order chi connectivity index (χ0) is 16.9. The molecular weight excluding hydrogens is 312 g/mol. The van der Waals surface area contributed by atoms with Gasteiger partial charge in [0.25, 0.3) is 5.91 Å². The van der Waals surface area contributed by atoms with E-state index in [1.807, 2.05) is 0 Å². The lowest BCUT2D eigenvalue weighted by molar-refractivity contribution is 0.0696. The van der Waals surface area contributed by atoms with Crippen molar-refractivity contribution in [2.24, 2.45) is 0 Å². The molecule has 0 saturated carbocycles. The minimum atomic E-state index is -0.956. The van der Waals surface area contributed by atoms with Crippen LogP contribution in [-0.4, -0.2) is 35.1 Å². The van der Waals surface area contributed by atoms with Gasteiger partial charge in [-0.3, -0.25) is 4.79 Å². The number of carboxylic acids is 1. The van der Waals surface area contributed by atoms with Gasteiger partial charge in [-0.15, -0.1) is 0 Å². The Morgan fingerprint density at radius 2 is 2.08 bits per heavy atom. The molecule has 0 unspecified atom stereocenters. The lowest BCUT2D eigenvalue weighted by Gasteiger charge is -2.08. The number of rotatable bonds is 6. The fraction of sp³-hybridized carbons (Fsp3) is 0.353. The molecule has 1 aliphatic rings. The Morgan fingerprint density at radius 3 is 2.75 bits per heavy atom. The Hall–Kier alpha value is -2.67. The molecule has 1 amide bonds. The number of hydrogen-bond donors (Lipinski definition) is 2. The second-order valence-corrected chi connectivity index (χ2v) is 5.57. The quantitative estimate of drug-likeness (QED) is 0.842. The summed E-state index contributed by atoms with van der Waals surface area (Å²) in [6, 6.07) is 6.58. The van der Waals surface area contributed by atoms with Crippen molar-refractivity contribution in [3.63, 3.8) is 0 Å². The normalized spacial score (nSPS) is 16.9. The first-order valence-electron chi connectivity index (χ1n) is 7.80. The zero-order valence-corrected chi connectivity index (χ0v) is 13.0. The number of carboxylic acid groups (broad SMARTS) is 1. The summed E-state index contributed by atoms with van der Waals surface area (Å²) < 4.78 is 10.8. The third kappa shape index (κ3) is 3.62. The van der Waals surface area contributed by atoms with Crippen LogP contribution in [0.4, 0.5) is 0 Å². The lowest BCUT2D eigenvalue weighted by atomic mass is 10.1. The molecule has 1 atom stereocenters. The molecule has 7 heteroatoms. The average molecular weight is 330 g/mol. The molecule has 0 aliphatic carbocycles. The summed E-state index contributed by atoms with van der Waals surface area (Å²) in [5.41, 5.74) is 1.45. The van der Waals surface area contributed by atoms with Crippen LogP contribution in [0.1, 0.15) is 51.1 Å². The van der Waals surface area contributed by atoms with Crippen LogP contribution < -0.4 is 5.32 Å². The van der Waals surface area contributed by atoms with Crippen LogP contribution in [0.25, 0.3) is 0 Å². The second kappa shape index (κ2) is 7.27. The van der Waals surface area contributed by atoms with Crippen LogP contribution in [0.3, 0.4) is 0 Å². The lowest BCUT2D eigenvalue weighted by Crippen LogP contribution is -2.27. The van der Waals surface area contributed by atoms with E-state index >= 15 is 0 Å². The van der Waals surface area contributed by atoms with Gasteiger partial charge in [-0.25, -0.2) is 9.78 Å². The number of ether oxygens (including phenoxy) is 1. The van der Waals surface area contributed by atoms with Gasteiger partial charge in [-0.1, -0.05) is 12.1 Å². The molecule has 1 aromatic carbocycles. The van der Waals surface area contributed by atoms with Crippen LogP contribution in [-0.2, 0) is 11.2 Å². The summed E-state index contributed by atoms with van der Waals surface area (Å²) in [4.78, 5) is 27.0. The van der Waals surface area contributed by atoms with Gasteiger partial charge in [0.1, 0.15) is 6.10 Å². The standard InChI is InChI=1S/C17H18N2O5/c20-16(14-15(24-10-19-14)13-2-1-9-23-13)18-8-7-11-3-5-12(6-4-11)17(21)22/h3-6,10,13H,1-2,7-9H2,(H,18,20)(H,21,22)/t13-/m1/s1. The van der Waals surface area contributed by atoms with Crippen molar-refractivity contribution in [1.29, 1.82) is 0 Å². The smallest absolute Gasteiger partial charge is 0.335 e.